The van der Waals surface area contributed by atoms with Gasteiger partial charge in [-0.1, -0.05) is 121 Å². The molecule has 12 nitrogen and oxygen atoms in total. The summed E-state index contributed by atoms with van der Waals surface area (Å²) in [6.07, 6.45) is 0. The molecule has 0 spiro atoms. The van der Waals surface area contributed by atoms with Gasteiger partial charge < -0.3 is 10.4 Å². The second-order valence-electron chi connectivity index (χ2n) is 11.5. The molecule has 267 valence electrons. The van der Waals surface area contributed by atoms with Crippen molar-refractivity contribution in [2.75, 3.05) is 52.4 Å². The minimum atomic E-state index is -1.50. The normalized spacial score (nSPS) is 15.0. The van der Waals surface area contributed by atoms with E-state index in [9.17, 15) is 0 Å². The van der Waals surface area contributed by atoms with Gasteiger partial charge in [0, 0.05) is 95.6 Å². The van der Waals surface area contributed by atoms with Crippen LogP contribution in [0.15, 0.2) is 121 Å². The van der Waals surface area contributed by atoms with E-state index < -0.39 is 10.2 Å². The van der Waals surface area contributed by atoms with E-state index in [1.807, 2.05) is 0 Å². The molecule has 1 radical (unpaired) electrons. The molecule has 0 saturated carbocycles. The minimum absolute atomic E-state index is 0. The van der Waals surface area contributed by atoms with Gasteiger partial charge in [0.2, 0.25) is 0 Å². The monoisotopic (exact) mass is 721 g/mol. The van der Waals surface area contributed by atoms with E-state index in [1.54, 1.807) is 0 Å². The molecule has 4 aromatic carbocycles. The summed E-state index contributed by atoms with van der Waals surface area (Å²) in [5, 5.41) is 27.3. The first kappa shape index (κ1) is 40.8. The van der Waals surface area contributed by atoms with E-state index in [-0.39, 0.29) is 17.1 Å². The van der Waals surface area contributed by atoms with Crippen LogP contribution in [0.3, 0.4) is 0 Å². The number of rotatable bonds is 8. The average molecular weight is 722 g/mol. The third-order valence-electron chi connectivity index (χ3n) is 7.93. The van der Waals surface area contributed by atoms with Gasteiger partial charge in [-0.3, -0.25) is 19.6 Å². The van der Waals surface area contributed by atoms with Crippen LogP contribution in [0, 0.1) is 20.2 Å². The molecule has 5 rings (SSSR count). The van der Waals surface area contributed by atoms with Crippen LogP contribution in [-0.2, 0) is 43.2 Å². The summed E-state index contributed by atoms with van der Waals surface area (Å²) in [6, 6.07) is 43.9. The zero-order chi connectivity index (χ0) is 34.4. The number of nitrogens with zero attached hydrogens (tertiary/aromatic N) is 6. The maximum atomic E-state index is 8.36. The molecular formula is C36H46CuN6O6. The molecule has 0 aliphatic carbocycles. The molecule has 2 N–H and O–H groups in total. The van der Waals surface area contributed by atoms with Crippen LogP contribution in [0.1, 0.15) is 22.3 Å². The Kier molecular flexibility index (Phi) is 19.9. The van der Waals surface area contributed by atoms with E-state index >= 15 is 0 Å². The Morgan fingerprint density at radius 2 is 0.551 bits per heavy atom. The van der Waals surface area contributed by atoms with Crippen LogP contribution >= 0.6 is 0 Å². The fourth-order valence-electron chi connectivity index (χ4n) is 5.58. The molecule has 0 atom stereocenters. The third-order valence-corrected chi connectivity index (χ3v) is 7.93. The summed E-state index contributed by atoms with van der Waals surface area (Å²) in [7, 11) is 0. The zero-order valence-electron chi connectivity index (χ0n) is 27.5. The van der Waals surface area contributed by atoms with Crippen LogP contribution < -0.4 is 0 Å². The summed E-state index contributed by atoms with van der Waals surface area (Å²) in [5.41, 5.74) is 5.58. The fourth-order valence-corrected chi connectivity index (χ4v) is 5.58. The second-order valence-corrected chi connectivity index (χ2v) is 11.5. The number of hydrogen-bond acceptors (Lipinski definition) is 8. The van der Waals surface area contributed by atoms with Crippen molar-refractivity contribution in [2.24, 2.45) is 0 Å². The number of benzene rings is 4. The van der Waals surface area contributed by atoms with Crippen molar-refractivity contribution in [3.05, 3.63) is 164 Å². The van der Waals surface area contributed by atoms with Crippen LogP contribution in [0.4, 0.5) is 0 Å². The summed E-state index contributed by atoms with van der Waals surface area (Å²) < 4.78 is 0. The first-order valence-electron chi connectivity index (χ1n) is 16.0. The van der Waals surface area contributed by atoms with Crippen molar-refractivity contribution in [1.82, 2.24) is 19.6 Å². The van der Waals surface area contributed by atoms with Crippen LogP contribution in [0.2, 0.25) is 0 Å². The van der Waals surface area contributed by atoms with Crippen molar-refractivity contribution >= 4 is 0 Å². The predicted molar refractivity (Wildman–Crippen MR) is 184 cm³/mol. The molecule has 0 bridgehead atoms. The molecule has 1 aliphatic rings. The Hall–Kier alpha value is -4.36. The Labute approximate surface area is 298 Å². The fraction of sp³-hybridized carbons (Fsp3) is 0.333. The molecule has 0 unspecified atom stereocenters. The Balaban J connectivity index is 0.000000837. The molecule has 13 heteroatoms. The topological polar surface area (TPSA) is 140 Å². The SMILES string of the molecule is O=[N+]([O-])O.O=[N+]([O-])O.[Cu].c1ccc(CN2CCN(Cc3ccccc3)CCN(Cc3ccccc3)CCN(Cc3ccccc3)CC2)cc1. The largest absolute Gasteiger partial charge is 0.328 e. The standard InChI is InChI=1S/C36H44N4.Cu.2HNO3/c1-5-13-33(14-6-1)29-37-21-23-38(30-34-15-7-2-8-16-34)25-27-40(32-36-19-11-4-12-20-36)28-26-39(24-22-37)31-35-17-9-3-10-18-35;;2*2-1(3)4/h1-20H,21-32H2;;2*(H,2,3,4). The van der Waals surface area contributed by atoms with Gasteiger partial charge in [-0.25, -0.2) is 0 Å². The van der Waals surface area contributed by atoms with Gasteiger partial charge in [-0.2, -0.15) is 0 Å². The van der Waals surface area contributed by atoms with E-state index in [4.69, 9.17) is 30.6 Å². The van der Waals surface area contributed by atoms with Crippen LogP contribution in [0.5, 0.6) is 0 Å². The summed E-state index contributed by atoms with van der Waals surface area (Å²) in [5.74, 6) is 0. The molecular weight excluding hydrogens is 676 g/mol. The first-order chi connectivity index (χ1) is 23.3. The third kappa shape index (κ3) is 18.7. The van der Waals surface area contributed by atoms with Gasteiger partial charge in [0.1, 0.15) is 0 Å². The maximum Gasteiger partial charge on any atom is 0.291 e. The van der Waals surface area contributed by atoms with Gasteiger partial charge in [0.05, 0.1) is 0 Å². The van der Waals surface area contributed by atoms with E-state index in [0.717, 1.165) is 78.5 Å². The average Bonchev–Trinajstić information content (AvgIpc) is 3.07. The second kappa shape index (κ2) is 23.9. The van der Waals surface area contributed by atoms with Gasteiger partial charge in [0.15, 0.2) is 0 Å². The van der Waals surface area contributed by atoms with Crippen LogP contribution in [0.25, 0.3) is 0 Å². The predicted octanol–water partition coefficient (Wildman–Crippen LogP) is 5.31. The van der Waals surface area contributed by atoms with Gasteiger partial charge in [-0.05, 0) is 22.3 Å². The summed E-state index contributed by atoms with van der Waals surface area (Å²) in [4.78, 5) is 27.4. The summed E-state index contributed by atoms with van der Waals surface area (Å²) in [6.45, 7) is 12.5. The Morgan fingerprint density at radius 1 is 0.408 bits per heavy atom. The van der Waals surface area contributed by atoms with Crippen molar-refractivity contribution in [3.63, 3.8) is 0 Å². The van der Waals surface area contributed by atoms with E-state index in [0.29, 0.717) is 0 Å². The molecule has 0 aromatic heterocycles. The molecule has 1 heterocycles. The van der Waals surface area contributed by atoms with E-state index in [1.165, 1.54) is 22.3 Å². The van der Waals surface area contributed by atoms with Crippen molar-refractivity contribution < 1.29 is 37.7 Å². The van der Waals surface area contributed by atoms with Crippen molar-refractivity contribution in [2.45, 2.75) is 26.2 Å². The Morgan fingerprint density at radius 3 is 0.694 bits per heavy atom. The molecule has 1 fully saturated rings. The van der Waals surface area contributed by atoms with Gasteiger partial charge in [-0.15, -0.1) is 20.2 Å². The number of hydrogen-bond donors (Lipinski definition) is 2. The first-order valence-corrected chi connectivity index (χ1v) is 16.0. The van der Waals surface area contributed by atoms with Gasteiger partial charge >= 0.3 is 0 Å². The Bertz CT molecular complexity index is 1210. The van der Waals surface area contributed by atoms with E-state index in [2.05, 4.69) is 141 Å². The quantitative estimate of drug-likeness (QED) is 0.140. The van der Waals surface area contributed by atoms with Crippen molar-refractivity contribution in [1.29, 1.82) is 0 Å². The molecule has 0 amide bonds. The van der Waals surface area contributed by atoms with Gasteiger partial charge in [0.25, 0.3) is 10.2 Å². The summed E-state index contributed by atoms with van der Waals surface area (Å²) >= 11 is 0. The molecule has 1 saturated heterocycles. The van der Waals surface area contributed by atoms with Crippen LogP contribution in [-0.4, -0.2) is 92.5 Å². The molecule has 49 heavy (non-hydrogen) atoms. The smallest absolute Gasteiger partial charge is 0.291 e. The van der Waals surface area contributed by atoms with Crippen molar-refractivity contribution in [3.8, 4) is 0 Å². The molecule has 4 aromatic rings. The molecule has 1 aliphatic heterocycles. The minimum Gasteiger partial charge on any atom is -0.328 e. The zero-order valence-corrected chi connectivity index (χ0v) is 28.5. The maximum absolute atomic E-state index is 8.36.